The van der Waals surface area contributed by atoms with Crippen LogP contribution in [-0.4, -0.2) is 105 Å². The second-order valence-electron chi connectivity index (χ2n) is 17.9. The molecule has 1 aromatic rings. The number of carbonyl (C=O) groups is 6. The van der Waals surface area contributed by atoms with Crippen molar-refractivity contribution in [2.45, 2.75) is 156 Å². The van der Waals surface area contributed by atoms with E-state index in [0.717, 1.165) is 11.1 Å². The number of hydrogen-bond donors (Lipinski definition) is 4. The van der Waals surface area contributed by atoms with Crippen LogP contribution in [0.25, 0.3) is 0 Å². The SMILES string of the molecule is CC(=O)O[C@H](C)C(=O)[C@@]1(C)C([C@H](OC(=O)c2ccccc2)[C@]2(O)CCC(C)=CC2(C)C)[C@]2(OC(C)=O)CO[C@@H]2C[C@@H]1O.CC(C)=C[C@@H](CC(=O)O)NC(=O)OC(C)(C)C. The molecule has 1 saturated heterocycles. The van der Waals surface area contributed by atoms with E-state index < -0.39 is 99.8 Å². The van der Waals surface area contributed by atoms with Crippen LogP contribution in [0.5, 0.6) is 0 Å². The summed E-state index contributed by atoms with van der Waals surface area (Å²) >= 11 is 0. The van der Waals surface area contributed by atoms with Gasteiger partial charge in [0.15, 0.2) is 17.5 Å². The predicted molar refractivity (Wildman–Crippen MR) is 215 cm³/mol. The van der Waals surface area contributed by atoms with E-state index in [4.69, 9.17) is 28.8 Å². The van der Waals surface area contributed by atoms with Crippen molar-refractivity contribution in [3.8, 4) is 0 Å². The lowest BCUT2D eigenvalue weighted by Crippen LogP contribution is -2.80. The standard InChI is InChI=1S/C32H42O10.C12H21NO4/c1-18-13-14-32(38,29(5,6)16-18)27(41-28(37)22-11-9-8-10-12-22)25-30(7,26(36)19(2)40-20(3)33)23(35)15-24-31(25,17-39-24)42-21(4)34;1-8(2)6-9(7-10(14)15)13-11(16)17-12(3,4)5/h8-12,16,19,23-25,27,35,38H,13-15,17H2,1-7H3;6,9H,7H2,1-5H3,(H,13,16)(H,14,15)/t19-,23+,24-,25?,27+,30-,31+,32-;9-/m10/s1. The van der Waals surface area contributed by atoms with Crippen LogP contribution in [0.3, 0.4) is 0 Å². The zero-order chi connectivity index (χ0) is 44.9. The molecule has 1 aromatic carbocycles. The van der Waals surface area contributed by atoms with Crippen molar-refractivity contribution in [2.24, 2.45) is 16.7 Å². The van der Waals surface area contributed by atoms with Crippen molar-refractivity contribution in [1.29, 1.82) is 0 Å². The van der Waals surface area contributed by atoms with Gasteiger partial charge >= 0.3 is 30.0 Å². The van der Waals surface area contributed by atoms with Gasteiger partial charge in [-0.15, -0.1) is 0 Å². The van der Waals surface area contributed by atoms with E-state index in [0.29, 0.717) is 6.42 Å². The topological polar surface area (TPSA) is 221 Å². The quantitative estimate of drug-likeness (QED) is 0.114. The highest BCUT2D eigenvalue weighted by Crippen LogP contribution is 2.60. The number of benzene rings is 1. The zero-order valence-corrected chi connectivity index (χ0v) is 36.4. The van der Waals surface area contributed by atoms with Gasteiger partial charge in [-0.3, -0.25) is 19.2 Å². The molecular formula is C44H63NO14. The second kappa shape index (κ2) is 18.8. The predicted octanol–water partition coefficient (Wildman–Crippen LogP) is 5.64. The molecule has 4 N–H and O–H groups in total. The summed E-state index contributed by atoms with van der Waals surface area (Å²) in [5, 5.41) is 35.6. The van der Waals surface area contributed by atoms with Gasteiger partial charge in [-0.1, -0.05) is 55.3 Å². The number of nitrogens with one attached hydrogen (secondary N) is 1. The highest BCUT2D eigenvalue weighted by molar-refractivity contribution is 5.92. The third-order valence-electron chi connectivity index (χ3n) is 11.2. The van der Waals surface area contributed by atoms with Crippen molar-refractivity contribution in [1.82, 2.24) is 5.32 Å². The number of carboxylic acid groups (broad SMARTS) is 1. The minimum atomic E-state index is -1.81. The van der Waals surface area contributed by atoms with Gasteiger partial charge in [0.1, 0.15) is 23.4 Å². The van der Waals surface area contributed by atoms with E-state index in [1.54, 1.807) is 57.2 Å². The first kappa shape index (κ1) is 48.8. The molecule has 0 aromatic heterocycles. The van der Waals surface area contributed by atoms with E-state index in [1.165, 1.54) is 27.7 Å². The first-order valence-corrected chi connectivity index (χ1v) is 19.8. The maximum Gasteiger partial charge on any atom is 0.408 e. The van der Waals surface area contributed by atoms with Gasteiger partial charge in [0.05, 0.1) is 42.1 Å². The van der Waals surface area contributed by atoms with Crippen molar-refractivity contribution in [3.05, 3.63) is 59.2 Å². The van der Waals surface area contributed by atoms with Crippen molar-refractivity contribution < 1.29 is 67.8 Å². The lowest BCUT2D eigenvalue weighted by atomic mass is 9.48. The van der Waals surface area contributed by atoms with E-state index in [9.17, 15) is 39.0 Å². The molecule has 4 rings (SSSR count). The molecule has 15 heteroatoms. The van der Waals surface area contributed by atoms with Crippen LogP contribution in [0, 0.1) is 16.7 Å². The highest BCUT2D eigenvalue weighted by Gasteiger charge is 2.75. The molecule has 328 valence electrons. The monoisotopic (exact) mass is 829 g/mol. The lowest BCUT2D eigenvalue weighted by molar-refractivity contribution is -0.342. The Hall–Kier alpha value is -4.60. The minimum Gasteiger partial charge on any atom is -0.481 e. The first-order valence-electron chi connectivity index (χ1n) is 19.8. The Morgan fingerprint density at radius 3 is 2.07 bits per heavy atom. The summed E-state index contributed by atoms with van der Waals surface area (Å²) in [6.45, 7) is 19.6. The summed E-state index contributed by atoms with van der Waals surface area (Å²) < 4.78 is 28.4. The van der Waals surface area contributed by atoms with Gasteiger partial charge < -0.3 is 44.3 Å². The molecule has 0 radical (unpaired) electrons. The number of fused-ring (bicyclic) bond motifs is 1. The Balaban J connectivity index is 0.000000462. The summed E-state index contributed by atoms with van der Waals surface area (Å²) in [5.74, 6) is -5.02. The third-order valence-corrected chi connectivity index (χ3v) is 11.2. The number of allylic oxidation sites excluding steroid dienone is 2. The minimum absolute atomic E-state index is 0.0704. The Morgan fingerprint density at radius 2 is 1.59 bits per heavy atom. The maximum atomic E-state index is 14.3. The molecule has 2 aliphatic carbocycles. The van der Waals surface area contributed by atoms with E-state index in [2.05, 4.69) is 5.32 Å². The van der Waals surface area contributed by atoms with Crippen molar-refractivity contribution >= 4 is 35.8 Å². The van der Waals surface area contributed by atoms with Crippen LogP contribution < -0.4 is 5.32 Å². The summed E-state index contributed by atoms with van der Waals surface area (Å²) in [7, 11) is 0. The number of alkyl carbamates (subject to hydrolysis) is 1. The van der Waals surface area contributed by atoms with Gasteiger partial charge in [-0.25, -0.2) is 9.59 Å². The summed E-state index contributed by atoms with van der Waals surface area (Å²) in [5.41, 5.74) is -4.52. The maximum absolute atomic E-state index is 14.3. The van der Waals surface area contributed by atoms with E-state index in [-0.39, 0.29) is 31.4 Å². The zero-order valence-electron chi connectivity index (χ0n) is 36.4. The number of aliphatic hydroxyl groups excluding tert-OH is 1. The number of carbonyl (C=O) groups excluding carboxylic acids is 5. The number of esters is 3. The summed E-state index contributed by atoms with van der Waals surface area (Å²) in [6, 6.07) is 7.68. The van der Waals surface area contributed by atoms with Crippen LogP contribution in [0.2, 0.25) is 0 Å². The molecule has 15 nitrogen and oxygen atoms in total. The second-order valence-corrected chi connectivity index (χ2v) is 17.9. The molecular weight excluding hydrogens is 766 g/mol. The third kappa shape index (κ3) is 11.4. The number of aliphatic hydroxyl groups is 2. The normalized spacial score (nSPS) is 28.4. The molecule has 0 bridgehead atoms. The molecule has 1 unspecified atom stereocenters. The van der Waals surface area contributed by atoms with Gasteiger partial charge in [-0.05, 0) is 80.4 Å². The Morgan fingerprint density at radius 1 is 0.983 bits per heavy atom. The molecule has 1 amide bonds. The fourth-order valence-electron chi connectivity index (χ4n) is 8.57. The number of hydrogen-bond acceptors (Lipinski definition) is 13. The van der Waals surface area contributed by atoms with E-state index in [1.807, 2.05) is 40.7 Å². The Bertz CT molecular complexity index is 1790. The smallest absolute Gasteiger partial charge is 0.408 e. The number of Topliss-reactive ketones (excluding diaryl/α,β-unsaturated/α-hetero) is 1. The summed E-state index contributed by atoms with van der Waals surface area (Å²) in [6.07, 6.45) is -1.59. The van der Waals surface area contributed by atoms with Crippen LogP contribution in [-0.2, 0) is 42.9 Å². The first-order chi connectivity index (χ1) is 27.1. The average molecular weight is 830 g/mol. The van der Waals surface area contributed by atoms with Crippen LogP contribution >= 0.6 is 0 Å². The van der Waals surface area contributed by atoms with E-state index >= 15 is 0 Å². The molecule has 3 aliphatic rings. The average Bonchev–Trinajstić information content (AvgIpc) is 3.08. The van der Waals surface area contributed by atoms with Crippen molar-refractivity contribution in [2.75, 3.05) is 6.61 Å². The number of ketones is 1. The fourth-order valence-corrected chi connectivity index (χ4v) is 8.57. The van der Waals surface area contributed by atoms with Gasteiger partial charge in [0.25, 0.3) is 0 Å². The number of carboxylic acids is 1. The number of ether oxygens (including phenoxy) is 5. The Kier molecular flexibility index (Phi) is 15.5. The molecule has 9 atom stereocenters. The van der Waals surface area contributed by atoms with Gasteiger partial charge in [-0.2, -0.15) is 0 Å². The van der Waals surface area contributed by atoms with Gasteiger partial charge in [0.2, 0.25) is 0 Å². The number of aliphatic carboxylic acids is 1. The Labute approximate surface area is 346 Å². The largest absolute Gasteiger partial charge is 0.481 e. The molecule has 0 spiro atoms. The summed E-state index contributed by atoms with van der Waals surface area (Å²) in [4.78, 5) is 74.6. The fraction of sp³-hybridized carbons (Fsp3) is 0.636. The molecule has 1 aliphatic heterocycles. The highest BCUT2D eigenvalue weighted by atomic mass is 16.6. The van der Waals surface area contributed by atoms with Crippen molar-refractivity contribution in [3.63, 3.8) is 0 Å². The van der Waals surface area contributed by atoms with Crippen LogP contribution in [0.4, 0.5) is 4.79 Å². The number of amides is 1. The number of rotatable bonds is 12. The van der Waals surface area contributed by atoms with Crippen LogP contribution in [0.15, 0.2) is 53.6 Å². The van der Waals surface area contributed by atoms with Crippen LogP contribution in [0.1, 0.15) is 119 Å². The molecule has 1 saturated carbocycles. The molecule has 1 heterocycles. The lowest BCUT2D eigenvalue weighted by Gasteiger charge is -2.65. The van der Waals surface area contributed by atoms with Gasteiger partial charge in [0, 0.05) is 25.7 Å². The molecule has 59 heavy (non-hydrogen) atoms. The molecule has 2 fully saturated rings.